The first kappa shape index (κ1) is 7.11. The summed E-state index contributed by atoms with van der Waals surface area (Å²) in [6.45, 7) is 4.68. The maximum Gasteiger partial charge on any atom is -0.0412 e. The van der Waals surface area contributed by atoms with Crippen molar-refractivity contribution >= 4 is 0 Å². The van der Waals surface area contributed by atoms with Crippen molar-refractivity contribution in [2.24, 2.45) is 11.8 Å². The lowest BCUT2D eigenvalue weighted by atomic mass is 10.0. The average molecular weight is 126 g/mol. The maximum absolute atomic E-state index is 2.38. The van der Waals surface area contributed by atoms with E-state index in [-0.39, 0.29) is 0 Å². The van der Waals surface area contributed by atoms with E-state index < -0.39 is 0 Å². The van der Waals surface area contributed by atoms with Crippen LogP contribution in [0.4, 0.5) is 0 Å². The Morgan fingerprint density at radius 3 is 2.56 bits per heavy atom. The summed E-state index contributed by atoms with van der Waals surface area (Å²) in [6.07, 6.45) is 7.37. The van der Waals surface area contributed by atoms with Crippen molar-refractivity contribution < 1.29 is 0 Å². The third-order valence-electron chi connectivity index (χ3n) is 2.50. The van der Waals surface area contributed by atoms with Crippen molar-refractivity contribution in [3.63, 3.8) is 0 Å². The summed E-state index contributed by atoms with van der Waals surface area (Å²) < 4.78 is 0. The summed E-state index contributed by atoms with van der Waals surface area (Å²) in [4.78, 5) is 0. The van der Waals surface area contributed by atoms with Crippen LogP contribution in [0.1, 0.15) is 46.0 Å². The van der Waals surface area contributed by atoms with Crippen molar-refractivity contribution in [2.75, 3.05) is 0 Å². The highest BCUT2D eigenvalue weighted by molar-refractivity contribution is 4.71. The molecular weight excluding hydrogens is 108 g/mol. The molecule has 1 aliphatic carbocycles. The Balaban J connectivity index is 2.14. The molecule has 54 valence electrons. The topological polar surface area (TPSA) is 0 Å². The standard InChI is InChI=1S/C9H18/c1-3-4-9-6-5-8(2)7-9/h8-9H,3-7H2,1-2H3/t8?,9-/m0/s1. The van der Waals surface area contributed by atoms with E-state index in [0.29, 0.717) is 0 Å². The molecule has 0 aliphatic heterocycles. The lowest BCUT2D eigenvalue weighted by Crippen LogP contribution is -1.92. The Morgan fingerprint density at radius 2 is 2.11 bits per heavy atom. The first-order chi connectivity index (χ1) is 4.33. The van der Waals surface area contributed by atoms with Crippen molar-refractivity contribution in [2.45, 2.75) is 46.0 Å². The van der Waals surface area contributed by atoms with Crippen LogP contribution in [0.15, 0.2) is 0 Å². The third-order valence-corrected chi connectivity index (χ3v) is 2.50. The average Bonchev–Trinajstić information content (AvgIpc) is 2.17. The minimum atomic E-state index is 1.03. The molecule has 2 atom stereocenters. The summed E-state index contributed by atoms with van der Waals surface area (Å²) >= 11 is 0. The first-order valence-corrected chi connectivity index (χ1v) is 4.33. The Bertz CT molecular complexity index is 74.1. The van der Waals surface area contributed by atoms with Crippen LogP contribution in [0.25, 0.3) is 0 Å². The van der Waals surface area contributed by atoms with Gasteiger partial charge in [-0.05, 0) is 18.3 Å². The normalized spacial score (nSPS) is 35.3. The molecule has 0 aromatic carbocycles. The second kappa shape index (κ2) is 3.24. The molecule has 1 aliphatic rings. The Hall–Kier alpha value is 0. The fourth-order valence-electron chi connectivity index (χ4n) is 2.00. The molecule has 0 heteroatoms. The molecule has 1 unspecified atom stereocenters. The lowest BCUT2D eigenvalue weighted by Gasteiger charge is -2.05. The summed E-state index contributed by atoms with van der Waals surface area (Å²) in [5.41, 5.74) is 0. The molecule has 0 radical (unpaired) electrons. The van der Waals surface area contributed by atoms with E-state index in [0.717, 1.165) is 11.8 Å². The van der Waals surface area contributed by atoms with Crippen LogP contribution in [-0.4, -0.2) is 0 Å². The van der Waals surface area contributed by atoms with Gasteiger partial charge in [0.05, 0.1) is 0 Å². The number of hydrogen-bond acceptors (Lipinski definition) is 0. The highest BCUT2D eigenvalue weighted by Gasteiger charge is 2.19. The summed E-state index contributed by atoms with van der Waals surface area (Å²) in [7, 11) is 0. The molecule has 1 saturated carbocycles. The molecule has 0 nitrogen and oxygen atoms in total. The van der Waals surface area contributed by atoms with Crippen molar-refractivity contribution in [1.29, 1.82) is 0 Å². The molecule has 0 spiro atoms. The summed E-state index contributed by atoms with van der Waals surface area (Å²) in [5.74, 6) is 2.12. The molecule has 0 aromatic heterocycles. The van der Waals surface area contributed by atoms with E-state index in [2.05, 4.69) is 13.8 Å². The van der Waals surface area contributed by atoms with Gasteiger partial charge in [0.15, 0.2) is 0 Å². The molecule has 1 rings (SSSR count). The number of rotatable bonds is 2. The van der Waals surface area contributed by atoms with Gasteiger partial charge in [0.25, 0.3) is 0 Å². The molecule has 9 heavy (non-hydrogen) atoms. The predicted molar refractivity (Wildman–Crippen MR) is 41.4 cm³/mol. The van der Waals surface area contributed by atoms with Crippen LogP contribution in [0.2, 0.25) is 0 Å². The molecule has 0 heterocycles. The van der Waals surface area contributed by atoms with Crippen molar-refractivity contribution in [3.8, 4) is 0 Å². The lowest BCUT2D eigenvalue weighted by molar-refractivity contribution is 0.474. The van der Waals surface area contributed by atoms with Crippen molar-refractivity contribution in [1.82, 2.24) is 0 Å². The van der Waals surface area contributed by atoms with Gasteiger partial charge in [-0.3, -0.25) is 0 Å². The zero-order valence-corrected chi connectivity index (χ0v) is 6.69. The highest BCUT2D eigenvalue weighted by atomic mass is 14.2. The highest BCUT2D eigenvalue weighted by Crippen LogP contribution is 2.32. The van der Waals surface area contributed by atoms with Gasteiger partial charge in [0.2, 0.25) is 0 Å². The van der Waals surface area contributed by atoms with Crippen molar-refractivity contribution in [3.05, 3.63) is 0 Å². The van der Waals surface area contributed by atoms with Crippen LogP contribution >= 0.6 is 0 Å². The molecule has 1 fully saturated rings. The van der Waals surface area contributed by atoms with E-state index in [1.807, 2.05) is 0 Å². The molecule has 0 amide bonds. The van der Waals surface area contributed by atoms with E-state index in [1.165, 1.54) is 32.1 Å². The summed E-state index contributed by atoms with van der Waals surface area (Å²) in [6, 6.07) is 0. The Labute approximate surface area is 58.7 Å². The largest absolute Gasteiger partial charge is 0.0654 e. The minimum Gasteiger partial charge on any atom is -0.0654 e. The van der Waals surface area contributed by atoms with Crippen LogP contribution in [-0.2, 0) is 0 Å². The smallest absolute Gasteiger partial charge is 0.0412 e. The number of hydrogen-bond donors (Lipinski definition) is 0. The Morgan fingerprint density at radius 1 is 1.33 bits per heavy atom. The van der Waals surface area contributed by atoms with Crippen LogP contribution < -0.4 is 0 Å². The van der Waals surface area contributed by atoms with E-state index in [1.54, 1.807) is 0 Å². The molecule has 0 N–H and O–H groups in total. The molecule has 0 saturated heterocycles. The minimum absolute atomic E-state index is 1.03. The zero-order valence-electron chi connectivity index (χ0n) is 6.69. The zero-order chi connectivity index (χ0) is 6.69. The van der Waals surface area contributed by atoms with Gasteiger partial charge in [-0.15, -0.1) is 0 Å². The second-order valence-electron chi connectivity index (χ2n) is 3.57. The van der Waals surface area contributed by atoms with Gasteiger partial charge in [0, 0.05) is 0 Å². The van der Waals surface area contributed by atoms with Gasteiger partial charge >= 0.3 is 0 Å². The first-order valence-electron chi connectivity index (χ1n) is 4.33. The second-order valence-corrected chi connectivity index (χ2v) is 3.57. The van der Waals surface area contributed by atoms with Gasteiger partial charge < -0.3 is 0 Å². The summed E-state index contributed by atoms with van der Waals surface area (Å²) in [5, 5.41) is 0. The van der Waals surface area contributed by atoms with Crippen LogP contribution in [0, 0.1) is 11.8 Å². The fraction of sp³-hybridized carbons (Fsp3) is 1.00. The predicted octanol–water partition coefficient (Wildman–Crippen LogP) is 3.22. The fourth-order valence-corrected chi connectivity index (χ4v) is 2.00. The van der Waals surface area contributed by atoms with E-state index >= 15 is 0 Å². The van der Waals surface area contributed by atoms with Gasteiger partial charge in [0.1, 0.15) is 0 Å². The molecule has 0 bridgehead atoms. The quantitative estimate of drug-likeness (QED) is 0.533. The van der Waals surface area contributed by atoms with Crippen LogP contribution in [0.5, 0.6) is 0 Å². The molecular formula is C9H18. The molecule has 0 aromatic rings. The van der Waals surface area contributed by atoms with Gasteiger partial charge in [-0.1, -0.05) is 39.5 Å². The maximum atomic E-state index is 2.38. The van der Waals surface area contributed by atoms with Gasteiger partial charge in [-0.2, -0.15) is 0 Å². The van der Waals surface area contributed by atoms with E-state index in [9.17, 15) is 0 Å². The monoisotopic (exact) mass is 126 g/mol. The Kier molecular flexibility index (Phi) is 2.56. The van der Waals surface area contributed by atoms with E-state index in [4.69, 9.17) is 0 Å². The van der Waals surface area contributed by atoms with Crippen LogP contribution in [0.3, 0.4) is 0 Å². The SMILES string of the molecule is CCC[C@H]1CCC(C)C1. The van der Waals surface area contributed by atoms with Gasteiger partial charge in [-0.25, -0.2) is 0 Å². The third kappa shape index (κ3) is 2.00.